The Labute approximate surface area is 221 Å². The lowest BCUT2D eigenvalue weighted by molar-refractivity contribution is 0.412. The second-order valence-electron chi connectivity index (χ2n) is 9.13. The first kappa shape index (κ1) is 25.1. The lowest BCUT2D eigenvalue weighted by Crippen LogP contribution is -2.25. The second-order valence-corrected chi connectivity index (χ2v) is 9.13. The number of aromatic amines is 1. The van der Waals surface area contributed by atoms with Gasteiger partial charge in [0, 0.05) is 29.2 Å². The fraction of sp³-hybridized carbons (Fsp3) is 0.276. The minimum Gasteiger partial charge on any atom is -0.495 e. The number of ether oxygens (including phenoxy) is 1. The maximum Gasteiger partial charge on any atom is 0.333 e. The molecule has 0 aliphatic heterocycles. The topological polar surface area (TPSA) is 104 Å². The first-order chi connectivity index (χ1) is 18.6. The number of benzene rings is 2. The first-order valence-electron chi connectivity index (χ1n) is 12.9. The van der Waals surface area contributed by atoms with Gasteiger partial charge in [-0.15, -0.1) is 5.10 Å². The van der Waals surface area contributed by atoms with E-state index in [-0.39, 0.29) is 5.69 Å². The van der Waals surface area contributed by atoms with Gasteiger partial charge in [0.2, 0.25) is 0 Å². The number of pyridine rings is 1. The molecule has 0 unspecified atom stereocenters. The number of methoxy groups -OCH3 is 1. The Hall–Kier alpha value is -4.53. The van der Waals surface area contributed by atoms with Crippen LogP contribution in [0.25, 0.3) is 28.3 Å². The molecule has 0 aliphatic carbocycles. The molecule has 0 radical (unpaired) electrons. The zero-order chi connectivity index (χ0) is 26.5. The van der Waals surface area contributed by atoms with Crippen LogP contribution in [0, 0.1) is 0 Å². The Morgan fingerprint density at radius 3 is 2.53 bits per heavy atom. The van der Waals surface area contributed by atoms with Gasteiger partial charge in [0.05, 0.1) is 25.0 Å². The lowest BCUT2D eigenvalue weighted by atomic mass is 10.0. The van der Waals surface area contributed by atoms with E-state index in [1.807, 2.05) is 71.6 Å². The summed E-state index contributed by atoms with van der Waals surface area (Å²) in [6.07, 6.45) is 7.47. The average Bonchev–Trinajstić information content (AvgIpc) is 3.61. The summed E-state index contributed by atoms with van der Waals surface area (Å²) in [5.74, 6) is 1.28. The molecule has 2 aromatic carbocycles. The molecule has 0 saturated heterocycles. The summed E-state index contributed by atoms with van der Waals surface area (Å²) in [7, 11) is 1.64. The smallest absolute Gasteiger partial charge is 0.333 e. The average molecular weight is 510 g/mol. The van der Waals surface area contributed by atoms with Gasteiger partial charge < -0.3 is 4.74 Å². The van der Waals surface area contributed by atoms with E-state index < -0.39 is 0 Å². The molecule has 0 bridgehead atoms. The van der Waals surface area contributed by atoms with Crippen LogP contribution < -0.4 is 10.4 Å². The summed E-state index contributed by atoms with van der Waals surface area (Å²) >= 11 is 0. The molecule has 1 N–H and O–H groups in total. The van der Waals surface area contributed by atoms with Crippen LogP contribution in [0.1, 0.15) is 43.5 Å². The highest BCUT2D eigenvalue weighted by molar-refractivity contribution is 5.78. The third-order valence-electron chi connectivity index (χ3n) is 6.74. The van der Waals surface area contributed by atoms with Gasteiger partial charge >= 0.3 is 5.69 Å². The highest BCUT2D eigenvalue weighted by atomic mass is 16.5. The van der Waals surface area contributed by atoms with Crippen LogP contribution in [0.2, 0.25) is 0 Å². The molecule has 9 nitrogen and oxygen atoms in total. The summed E-state index contributed by atoms with van der Waals surface area (Å²) in [5, 5.41) is 14.3. The fourth-order valence-electron chi connectivity index (χ4n) is 4.75. The Balaban J connectivity index is 1.51. The van der Waals surface area contributed by atoms with Crippen LogP contribution in [-0.2, 0) is 19.4 Å². The molecular weight excluding hydrogens is 478 g/mol. The molecule has 0 spiro atoms. The van der Waals surface area contributed by atoms with E-state index in [9.17, 15) is 4.79 Å². The third kappa shape index (κ3) is 4.87. The molecule has 0 amide bonds. The third-order valence-corrected chi connectivity index (χ3v) is 6.74. The van der Waals surface area contributed by atoms with Crippen molar-refractivity contribution >= 4 is 0 Å². The highest BCUT2D eigenvalue weighted by Gasteiger charge is 2.18. The van der Waals surface area contributed by atoms with Gasteiger partial charge in [-0.1, -0.05) is 62.7 Å². The molecule has 3 heterocycles. The number of aromatic nitrogens is 7. The number of aryl methyl sites for hydroxylation is 2. The minimum absolute atomic E-state index is 0.0810. The Morgan fingerprint density at radius 2 is 1.84 bits per heavy atom. The van der Waals surface area contributed by atoms with E-state index in [0.29, 0.717) is 18.1 Å². The molecule has 3 aromatic heterocycles. The minimum atomic E-state index is -0.0810. The van der Waals surface area contributed by atoms with Crippen LogP contribution in [-0.4, -0.2) is 41.9 Å². The Bertz CT molecular complexity index is 1550. The standard InChI is InChI=1S/C29H31N7O2/c1-4-6-11-22-19-36(27-21(5-2)10-9-14-26(27)38-3)29(37)35(22)18-20-15-16-25(30-17-20)23-12-7-8-13-24(23)28-31-33-34-32-28/h7-10,12-17,19H,4-6,11,18H2,1-3H3,(H,31,32,33,34). The van der Waals surface area contributed by atoms with Gasteiger partial charge in [-0.05, 0) is 52.9 Å². The monoisotopic (exact) mass is 509 g/mol. The summed E-state index contributed by atoms with van der Waals surface area (Å²) in [6, 6.07) is 17.8. The van der Waals surface area contributed by atoms with E-state index in [1.165, 1.54) is 0 Å². The van der Waals surface area contributed by atoms with Gasteiger partial charge in [0.15, 0.2) is 5.82 Å². The van der Waals surface area contributed by atoms with Gasteiger partial charge in [-0.25, -0.2) is 9.89 Å². The van der Waals surface area contributed by atoms with Gasteiger partial charge in [-0.3, -0.25) is 14.1 Å². The number of para-hydroxylation sites is 1. The van der Waals surface area contributed by atoms with E-state index >= 15 is 0 Å². The Kier molecular flexibility index (Phi) is 7.44. The van der Waals surface area contributed by atoms with Crippen LogP contribution in [0.3, 0.4) is 0 Å². The molecule has 194 valence electrons. The number of nitrogens with zero attached hydrogens (tertiary/aromatic N) is 6. The van der Waals surface area contributed by atoms with Crippen LogP contribution in [0.15, 0.2) is 71.8 Å². The maximum atomic E-state index is 13.8. The van der Waals surface area contributed by atoms with Crippen molar-refractivity contribution in [2.24, 2.45) is 0 Å². The molecule has 5 aromatic rings. The predicted octanol–water partition coefficient (Wildman–Crippen LogP) is 4.84. The van der Waals surface area contributed by atoms with Crippen molar-refractivity contribution in [3.05, 3.63) is 94.3 Å². The first-order valence-corrected chi connectivity index (χ1v) is 12.9. The number of hydrogen-bond acceptors (Lipinski definition) is 6. The number of unbranched alkanes of at least 4 members (excludes halogenated alkanes) is 1. The number of H-pyrrole nitrogens is 1. The predicted molar refractivity (Wildman–Crippen MR) is 147 cm³/mol. The SMILES string of the molecule is CCCCc1cn(-c2c(CC)cccc2OC)c(=O)n1Cc1ccc(-c2ccccc2-c2nnn[nH]2)nc1. The highest BCUT2D eigenvalue weighted by Crippen LogP contribution is 2.29. The molecular formula is C29H31N7O2. The summed E-state index contributed by atoms with van der Waals surface area (Å²) in [6.45, 7) is 4.68. The van der Waals surface area contributed by atoms with Crippen molar-refractivity contribution in [2.75, 3.05) is 7.11 Å². The summed E-state index contributed by atoms with van der Waals surface area (Å²) in [5.41, 5.74) is 6.34. The van der Waals surface area contributed by atoms with E-state index in [2.05, 4.69) is 34.5 Å². The number of nitrogens with one attached hydrogen (secondary N) is 1. The summed E-state index contributed by atoms with van der Waals surface area (Å²) in [4.78, 5) is 18.5. The van der Waals surface area contributed by atoms with Crippen molar-refractivity contribution in [1.82, 2.24) is 34.7 Å². The normalized spacial score (nSPS) is 11.1. The van der Waals surface area contributed by atoms with Gasteiger partial charge in [0.1, 0.15) is 5.75 Å². The molecule has 0 aliphatic rings. The maximum absolute atomic E-state index is 13.8. The molecule has 5 rings (SSSR count). The van der Waals surface area contributed by atoms with Crippen molar-refractivity contribution in [3.8, 4) is 34.1 Å². The zero-order valence-electron chi connectivity index (χ0n) is 21.9. The van der Waals surface area contributed by atoms with E-state index in [1.54, 1.807) is 11.7 Å². The van der Waals surface area contributed by atoms with E-state index in [4.69, 9.17) is 9.72 Å². The molecule has 0 saturated carbocycles. The van der Waals surface area contributed by atoms with Crippen LogP contribution in [0.4, 0.5) is 0 Å². The van der Waals surface area contributed by atoms with Crippen LogP contribution in [0.5, 0.6) is 5.75 Å². The number of hydrogen-bond donors (Lipinski definition) is 1. The molecule has 0 atom stereocenters. The molecule has 38 heavy (non-hydrogen) atoms. The largest absolute Gasteiger partial charge is 0.495 e. The zero-order valence-corrected chi connectivity index (χ0v) is 21.9. The quantitative estimate of drug-likeness (QED) is 0.289. The van der Waals surface area contributed by atoms with Crippen molar-refractivity contribution in [1.29, 1.82) is 0 Å². The van der Waals surface area contributed by atoms with Crippen molar-refractivity contribution in [2.45, 2.75) is 46.1 Å². The number of rotatable bonds is 10. The van der Waals surface area contributed by atoms with Gasteiger partial charge in [0.25, 0.3) is 0 Å². The second kappa shape index (κ2) is 11.2. The lowest BCUT2D eigenvalue weighted by Gasteiger charge is -2.13. The van der Waals surface area contributed by atoms with E-state index in [0.717, 1.165) is 65.0 Å². The number of imidazole rings is 1. The van der Waals surface area contributed by atoms with Gasteiger partial charge in [-0.2, -0.15) is 0 Å². The van der Waals surface area contributed by atoms with Crippen molar-refractivity contribution in [3.63, 3.8) is 0 Å². The van der Waals surface area contributed by atoms with Crippen LogP contribution >= 0.6 is 0 Å². The van der Waals surface area contributed by atoms with Crippen molar-refractivity contribution < 1.29 is 4.74 Å². The summed E-state index contributed by atoms with van der Waals surface area (Å²) < 4.78 is 9.24. The molecule has 9 heteroatoms. The molecule has 0 fully saturated rings. The fourth-order valence-corrected chi connectivity index (χ4v) is 4.75. The Morgan fingerprint density at radius 1 is 1.00 bits per heavy atom. The number of tetrazole rings is 1.